The molecule has 3 nitrogen and oxygen atoms in total. The first-order valence-electron chi connectivity index (χ1n) is 8.08. The zero-order chi connectivity index (χ0) is 15.3. The van der Waals surface area contributed by atoms with Crippen molar-refractivity contribution < 1.29 is 9.15 Å². The number of ether oxygens (including phenoxy) is 1. The topological polar surface area (TPSA) is 39.4 Å². The first-order valence-corrected chi connectivity index (χ1v) is 8.08. The second-order valence-electron chi connectivity index (χ2n) is 6.45. The lowest BCUT2D eigenvalue weighted by Gasteiger charge is -2.29. The number of fused-ring (bicyclic) bond motifs is 3. The van der Waals surface area contributed by atoms with Gasteiger partial charge in [-0.3, -0.25) is 0 Å². The summed E-state index contributed by atoms with van der Waals surface area (Å²) in [6.45, 7) is 4.15. The summed E-state index contributed by atoms with van der Waals surface area (Å²) >= 11 is 0. The van der Waals surface area contributed by atoms with Crippen LogP contribution in [0.3, 0.4) is 0 Å². The first-order chi connectivity index (χ1) is 10.6. The van der Waals surface area contributed by atoms with Crippen molar-refractivity contribution >= 4 is 16.5 Å². The van der Waals surface area contributed by atoms with Gasteiger partial charge in [0, 0.05) is 23.1 Å². The maximum atomic E-state index is 11.6. The van der Waals surface area contributed by atoms with Gasteiger partial charge in [0.2, 0.25) is 0 Å². The number of hydrogen-bond acceptors (Lipinski definition) is 3. The van der Waals surface area contributed by atoms with Gasteiger partial charge >= 0.3 is 5.63 Å². The van der Waals surface area contributed by atoms with Crippen molar-refractivity contribution in [3.8, 4) is 5.75 Å². The summed E-state index contributed by atoms with van der Waals surface area (Å²) < 4.78 is 11.6. The fourth-order valence-corrected chi connectivity index (χ4v) is 3.78. The summed E-state index contributed by atoms with van der Waals surface area (Å²) in [5.41, 5.74) is 5.23. The van der Waals surface area contributed by atoms with E-state index < -0.39 is 0 Å². The van der Waals surface area contributed by atoms with Crippen molar-refractivity contribution in [1.29, 1.82) is 0 Å². The van der Waals surface area contributed by atoms with Crippen LogP contribution in [0.5, 0.6) is 5.75 Å². The lowest BCUT2D eigenvalue weighted by molar-refractivity contribution is 0.220. The number of hydrogen-bond donors (Lipinski definition) is 0. The van der Waals surface area contributed by atoms with Gasteiger partial charge in [-0.2, -0.15) is 0 Å². The molecule has 0 N–H and O–H groups in total. The molecule has 1 aliphatic carbocycles. The van der Waals surface area contributed by atoms with Gasteiger partial charge in [-0.15, -0.1) is 0 Å². The lowest BCUT2D eigenvalue weighted by atomic mass is 9.90. The standard InChI is InChI=1S/C19H20O3/c1-11-8-19(20)22-17-10-18-15(9-14(11)17)12(2)13-6-4-3-5-7-16(13)21-18/h8-10,16H,3-7H2,1-2H3. The summed E-state index contributed by atoms with van der Waals surface area (Å²) in [7, 11) is 0. The molecular formula is C19H20O3. The molecule has 4 rings (SSSR count). The summed E-state index contributed by atoms with van der Waals surface area (Å²) in [5, 5.41) is 0.994. The molecule has 2 heterocycles. The van der Waals surface area contributed by atoms with Gasteiger partial charge < -0.3 is 9.15 Å². The first kappa shape index (κ1) is 13.6. The Hall–Kier alpha value is -2.03. The highest BCUT2D eigenvalue weighted by Gasteiger charge is 2.28. The Balaban J connectivity index is 1.95. The number of benzene rings is 1. The third kappa shape index (κ3) is 2.07. The molecule has 0 amide bonds. The molecule has 2 aromatic rings. The van der Waals surface area contributed by atoms with Gasteiger partial charge in [0.25, 0.3) is 0 Å². The monoisotopic (exact) mass is 296 g/mol. The molecule has 0 bridgehead atoms. The van der Waals surface area contributed by atoms with Crippen molar-refractivity contribution in [2.24, 2.45) is 0 Å². The Morgan fingerprint density at radius 3 is 2.82 bits per heavy atom. The Bertz CT molecular complexity index is 842. The van der Waals surface area contributed by atoms with E-state index in [0.29, 0.717) is 5.58 Å². The summed E-state index contributed by atoms with van der Waals surface area (Å²) in [6.07, 6.45) is 6.17. The fraction of sp³-hybridized carbons (Fsp3) is 0.421. The van der Waals surface area contributed by atoms with Crippen molar-refractivity contribution in [3.05, 3.63) is 45.3 Å². The van der Waals surface area contributed by atoms with Crippen molar-refractivity contribution in [1.82, 2.24) is 0 Å². The van der Waals surface area contributed by atoms with E-state index in [1.807, 2.05) is 13.0 Å². The van der Waals surface area contributed by atoms with E-state index in [4.69, 9.17) is 9.15 Å². The maximum Gasteiger partial charge on any atom is 0.336 e. The van der Waals surface area contributed by atoms with E-state index in [2.05, 4.69) is 13.0 Å². The van der Waals surface area contributed by atoms with Gasteiger partial charge in [0.1, 0.15) is 17.4 Å². The van der Waals surface area contributed by atoms with Crippen molar-refractivity contribution in [3.63, 3.8) is 0 Å². The highest BCUT2D eigenvalue weighted by molar-refractivity contribution is 5.88. The van der Waals surface area contributed by atoms with E-state index >= 15 is 0 Å². The van der Waals surface area contributed by atoms with E-state index in [9.17, 15) is 4.79 Å². The average Bonchev–Trinajstić information content (AvgIpc) is 2.71. The van der Waals surface area contributed by atoms with Crippen LogP contribution in [0.1, 0.15) is 50.2 Å². The molecule has 22 heavy (non-hydrogen) atoms. The molecule has 0 radical (unpaired) electrons. The molecule has 1 aromatic carbocycles. The minimum absolute atomic E-state index is 0.198. The molecule has 1 aliphatic heterocycles. The van der Waals surface area contributed by atoms with Gasteiger partial charge in [-0.1, -0.05) is 6.42 Å². The van der Waals surface area contributed by atoms with Crippen LogP contribution >= 0.6 is 0 Å². The van der Waals surface area contributed by atoms with Crippen LogP contribution in [-0.2, 0) is 0 Å². The van der Waals surface area contributed by atoms with Crippen molar-refractivity contribution in [2.45, 2.75) is 52.1 Å². The largest absolute Gasteiger partial charge is 0.485 e. The van der Waals surface area contributed by atoms with Crippen LogP contribution < -0.4 is 10.4 Å². The number of allylic oxidation sites excluding steroid dienone is 1. The van der Waals surface area contributed by atoms with Gasteiger partial charge in [0.15, 0.2) is 0 Å². The third-order valence-electron chi connectivity index (χ3n) is 5.01. The normalized spacial score (nSPS) is 21.1. The van der Waals surface area contributed by atoms with Crippen LogP contribution in [0, 0.1) is 6.92 Å². The molecular weight excluding hydrogens is 276 g/mol. The Morgan fingerprint density at radius 2 is 1.95 bits per heavy atom. The van der Waals surface area contributed by atoms with Gasteiger partial charge in [-0.25, -0.2) is 4.79 Å². The van der Waals surface area contributed by atoms with Gasteiger partial charge in [-0.05, 0) is 62.3 Å². The van der Waals surface area contributed by atoms with Crippen LogP contribution in [0.15, 0.2) is 33.0 Å². The van der Waals surface area contributed by atoms with Crippen LogP contribution in [0.2, 0.25) is 0 Å². The summed E-state index contributed by atoms with van der Waals surface area (Å²) in [5.74, 6) is 0.856. The molecule has 1 fully saturated rings. The molecule has 2 aliphatic rings. The third-order valence-corrected chi connectivity index (χ3v) is 5.01. The van der Waals surface area contributed by atoms with E-state index in [1.165, 1.54) is 30.4 Å². The van der Waals surface area contributed by atoms with E-state index in [1.54, 1.807) is 6.07 Å². The molecule has 114 valence electrons. The highest BCUT2D eigenvalue weighted by atomic mass is 16.5. The average molecular weight is 296 g/mol. The van der Waals surface area contributed by atoms with E-state index in [-0.39, 0.29) is 11.7 Å². The SMILES string of the molecule is CC1=C2CCCCCC2Oc2cc3oc(=O)cc(C)c3cc21. The summed E-state index contributed by atoms with van der Waals surface area (Å²) in [4.78, 5) is 11.6. The lowest BCUT2D eigenvalue weighted by Crippen LogP contribution is -2.23. The molecule has 1 atom stereocenters. The quantitative estimate of drug-likeness (QED) is 0.667. The second-order valence-corrected chi connectivity index (χ2v) is 6.45. The molecule has 1 saturated carbocycles. The predicted molar refractivity (Wildman–Crippen MR) is 87.3 cm³/mol. The van der Waals surface area contributed by atoms with Gasteiger partial charge in [0.05, 0.1) is 0 Å². The zero-order valence-corrected chi connectivity index (χ0v) is 13.1. The molecule has 1 unspecified atom stereocenters. The molecule has 0 saturated heterocycles. The van der Waals surface area contributed by atoms with E-state index in [0.717, 1.165) is 35.1 Å². The minimum atomic E-state index is -0.303. The zero-order valence-electron chi connectivity index (χ0n) is 13.1. The Morgan fingerprint density at radius 1 is 1.09 bits per heavy atom. The molecule has 1 aromatic heterocycles. The van der Waals surface area contributed by atoms with Crippen molar-refractivity contribution in [2.75, 3.05) is 0 Å². The number of aryl methyl sites for hydroxylation is 1. The number of rotatable bonds is 0. The van der Waals surface area contributed by atoms with Crippen LogP contribution in [0.25, 0.3) is 16.5 Å². The minimum Gasteiger partial charge on any atom is -0.485 e. The summed E-state index contributed by atoms with van der Waals surface area (Å²) in [6, 6.07) is 5.56. The maximum absolute atomic E-state index is 11.6. The fourth-order valence-electron chi connectivity index (χ4n) is 3.78. The molecule has 0 spiro atoms. The highest BCUT2D eigenvalue weighted by Crippen LogP contribution is 2.42. The second kappa shape index (κ2) is 5.01. The van der Waals surface area contributed by atoms with Crippen LogP contribution in [-0.4, -0.2) is 6.10 Å². The Kier molecular flexibility index (Phi) is 3.10. The Labute approximate surface area is 129 Å². The van der Waals surface area contributed by atoms with Crippen LogP contribution in [0.4, 0.5) is 0 Å². The smallest absolute Gasteiger partial charge is 0.336 e. The predicted octanol–water partition coefficient (Wildman–Crippen LogP) is 4.60. The molecule has 3 heteroatoms.